The fraction of sp³-hybridized carbons (Fsp3) is 0.133. The van der Waals surface area contributed by atoms with Gasteiger partial charge < -0.3 is 19.7 Å². The van der Waals surface area contributed by atoms with E-state index in [0.29, 0.717) is 11.3 Å². The van der Waals surface area contributed by atoms with Crippen LogP contribution in [0.3, 0.4) is 0 Å². The van der Waals surface area contributed by atoms with Crippen LogP contribution in [0.1, 0.15) is 15.9 Å². The maximum Gasteiger partial charge on any atom is 0.203 e. The summed E-state index contributed by atoms with van der Waals surface area (Å²) in [5, 5.41) is 19.5. The van der Waals surface area contributed by atoms with Crippen LogP contribution in [0.25, 0.3) is 0 Å². The molecule has 5 heteroatoms. The van der Waals surface area contributed by atoms with Gasteiger partial charge in [0.15, 0.2) is 17.3 Å². The molecule has 0 saturated heterocycles. The fourth-order valence-electron chi connectivity index (χ4n) is 1.84. The van der Waals surface area contributed by atoms with Crippen LogP contribution in [0, 0.1) is 0 Å². The highest BCUT2D eigenvalue weighted by atomic mass is 16.5. The third-order valence-corrected chi connectivity index (χ3v) is 2.91. The molecule has 2 N–H and O–H groups in total. The Kier molecular flexibility index (Phi) is 3.79. The Morgan fingerprint density at radius 3 is 2.15 bits per heavy atom. The summed E-state index contributed by atoms with van der Waals surface area (Å²) in [7, 11) is 2.84. The molecule has 0 spiro atoms. The van der Waals surface area contributed by atoms with Crippen LogP contribution in [-0.2, 0) is 0 Å². The van der Waals surface area contributed by atoms with Crippen molar-refractivity contribution < 1.29 is 24.5 Å². The summed E-state index contributed by atoms with van der Waals surface area (Å²) in [5.41, 5.74) is 0.457. The number of benzene rings is 2. The van der Waals surface area contributed by atoms with Crippen molar-refractivity contribution in [3.05, 3.63) is 47.5 Å². The lowest BCUT2D eigenvalue weighted by molar-refractivity contribution is 0.103. The van der Waals surface area contributed by atoms with Gasteiger partial charge in [-0.1, -0.05) is 0 Å². The molecule has 2 aromatic rings. The second-order valence-electron chi connectivity index (χ2n) is 4.07. The van der Waals surface area contributed by atoms with E-state index in [-0.39, 0.29) is 28.6 Å². The Morgan fingerprint density at radius 1 is 0.950 bits per heavy atom. The monoisotopic (exact) mass is 274 g/mol. The lowest BCUT2D eigenvalue weighted by Crippen LogP contribution is -2.02. The Morgan fingerprint density at radius 2 is 1.60 bits per heavy atom. The zero-order valence-corrected chi connectivity index (χ0v) is 11.1. The number of rotatable bonds is 4. The van der Waals surface area contributed by atoms with Crippen LogP contribution >= 0.6 is 0 Å². The Balaban J connectivity index is 2.42. The van der Waals surface area contributed by atoms with E-state index in [1.54, 1.807) is 24.3 Å². The maximum atomic E-state index is 12.3. The average Bonchev–Trinajstić information content (AvgIpc) is 2.47. The van der Waals surface area contributed by atoms with Crippen molar-refractivity contribution in [1.82, 2.24) is 0 Å². The summed E-state index contributed by atoms with van der Waals surface area (Å²) < 4.78 is 9.88. The summed E-state index contributed by atoms with van der Waals surface area (Å²) >= 11 is 0. The molecule has 0 bridgehead atoms. The van der Waals surface area contributed by atoms with E-state index in [1.807, 2.05) is 0 Å². The van der Waals surface area contributed by atoms with E-state index in [4.69, 9.17) is 9.47 Å². The van der Waals surface area contributed by atoms with Gasteiger partial charge in [0, 0.05) is 5.56 Å². The van der Waals surface area contributed by atoms with Gasteiger partial charge in [0.25, 0.3) is 0 Å². The van der Waals surface area contributed by atoms with Gasteiger partial charge in [-0.25, -0.2) is 0 Å². The summed E-state index contributed by atoms with van der Waals surface area (Å²) in [6, 6.07) is 9.15. The van der Waals surface area contributed by atoms with Crippen LogP contribution in [0.15, 0.2) is 36.4 Å². The number of carbonyl (C=O) groups is 1. The number of ketones is 1. The van der Waals surface area contributed by atoms with Crippen molar-refractivity contribution in [1.29, 1.82) is 0 Å². The normalized spacial score (nSPS) is 10.1. The number of aromatic hydroxyl groups is 2. The predicted octanol–water partition coefficient (Wildman–Crippen LogP) is 2.35. The molecule has 104 valence electrons. The molecule has 0 heterocycles. The minimum absolute atomic E-state index is 0.0600. The van der Waals surface area contributed by atoms with Gasteiger partial charge in [0.2, 0.25) is 5.75 Å². The SMILES string of the molecule is COc1ccc(C(=O)c2ccc(O)c(OC)c2O)cc1. The van der Waals surface area contributed by atoms with Crippen LogP contribution < -0.4 is 9.47 Å². The highest BCUT2D eigenvalue weighted by molar-refractivity contribution is 6.11. The first-order valence-corrected chi connectivity index (χ1v) is 5.86. The van der Waals surface area contributed by atoms with Crippen molar-refractivity contribution in [2.75, 3.05) is 14.2 Å². The van der Waals surface area contributed by atoms with Crippen molar-refractivity contribution in [2.24, 2.45) is 0 Å². The van der Waals surface area contributed by atoms with Gasteiger partial charge in [-0.05, 0) is 36.4 Å². The number of phenolic OH excluding ortho intramolecular Hbond substituents is 2. The average molecular weight is 274 g/mol. The lowest BCUT2D eigenvalue weighted by atomic mass is 10.0. The van der Waals surface area contributed by atoms with Gasteiger partial charge in [0.05, 0.1) is 19.8 Å². The third-order valence-electron chi connectivity index (χ3n) is 2.91. The van der Waals surface area contributed by atoms with Crippen molar-refractivity contribution in [3.8, 4) is 23.0 Å². The summed E-state index contributed by atoms with van der Waals surface area (Å²) in [6.45, 7) is 0. The highest BCUT2D eigenvalue weighted by Gasteiger charge is 2.19. The first-order valence-electron chi connectivity index (χ1n) is 5.86. The van der Waals surface area contributed by atoms with E-state index in [2.05, 4.69) is 0 Å². The van der Waals surface area contributed by atoms with Gasteiger partial charge in [-0.15, -0.1) is 0 Å². The quantitative estimate of drug-likeness (QED) is 0.837. The Labute approximate surface area is 116 Å². The zero-order chi connectivity index (χ0) is 14.7. The molecule has 0 fully saturated rings. The van der Waals surface area contributed by atoms with E-state index < -0.39 is 0 Å². The Bertz CT molecular complexity index is 631. The number of hydrogen-bond donors (Lipinski definition) is 2. The second kappa shape index (κ2) is 5.52. The standard InChI is InChI=1S/C15H14O5/c1-19-10-5-3-9(4-6-10)13(17)11-7-8-12(16)15(20-2)14(11)18/h3-8,16,18H,1-2H3. The minimum Gasteiger partial charge on any atom is -0.504 e. The molecule has 2 rings (SSSR count). The number of ether oxygens (including phenoxy) is 2. The summed E-state index contributed by atoms with van der Waals surface area (Å²) in [5.74, 6) is -0.466. The lowest BCUT2D eigenvalue weighted by Gasteiger charge is -2.10. The van der Waals surface area contributed by atoms with Crippen LogP contribution in [0.2, 0.25) is 0 Å². The van der Waals surface area contributed by atoms with Crippen molar-refractivity contribution in [2.45, 2.75) is 0 Å². The molecule has 20 heavy (non-hydrogen) atoms. The van der Waals surface area contributed by atoms with Crippen molar-refractivity contribution in [3.63, 3.8) is 0 Å². The van der Waals surface area contributed by atoms with Gasteiger partial charge in [-0.2, -0.15) is 0 Å². The Hall–Kier alpha value is -2.69. The molecular formula is C15H14O5. The zero-order valence-electron chi connectivity index (χ0n) is 11.1. The van der Waals surface area contributed by atoms with Crippen LogP contribution in [0.4, 0.5) is 0 Å². The number of carbonyl (C=O) groups excluding carboxylic acids is 1. The van der Waals surface area contributed by atoms with E-state index in [1.165, 1.54) is 26.4 Å². The molecule has 0 saturated carbocycles. The summed E-state index contributed by atoms with van der Waals surface area (Å²) in [4.78, 5) is 12.3. The molecule has 0 unspecified atom stereocenters. The first-order chi connectivity index (χ1) is 9.58. The van der Waals surface area contributed by atoms with Gasteiger partial charge in [0.1, 0.15) is 5.75 Å². The van der Waals surface area contributed by atoms with E-state index in [0.717, 1.165) is 0 Å². The van der Waals surface area contributed by atoms with E-state index in [9.17, 15) is 15.0 Å². The molecule has 0 atom stereocenters. The fourth-order valence-corrected chi connectivity index (χ4v) is 1.84. The predicted molar refractivity (Wildman–Crippen MR) is 72.8 cm³/mol. The number of hydrogen-bond acceptors (Lipinski definition) is 5. The molecule has 0 amide bonds. The molecule has 2 aromatic carbocycles. The molecular weight excluding hydrogens is 260 g/mol. The van der Waals surface area contributed by atoms with Crippen LogP contribution in [0.5, 0.6) is 23.0 Å². The van der Waals surface area contributed by atoms with Crippen molar-refractivity contribution >= 4 is 5.78 Å². The first kappa shape index (κ1) is 13.7. The molecule has 0 aliphatic rings. The highest BCUT2D eigenvalue weighted by Crippen LogP contribution is 2.38. The van der Waals surface area contributed by atoms with Gasteiger partial charge >= 0.3 is 0 Å². The van der Waals surface area contributed by atoms with E-state index >= 15 is 0 Å². The number of methoxy groups -OCH3 is 2. The molecule has 5 nitrogen and oxygen atoms in total. The largest absolute Gasteiger partial charge is 0.504 e. The molecule has 0 radical (unpaired) electrons. The second-order valence-corrected chi connectivity index (χ2v) is 4.07. The maximum absolute atomic E-state index is 12.3. The third kappa shape index (κ3) is 2.38. The molecule has 0 aliphatic carbocycles. The van der Waals surface area contributed by atoms with Crippen LogP contribution in [-0.4, -0.2) is 30.2 Å². The topological polar surface area (TPSA) is 76.0 Å². The molecule has 0 aliphatic heterocycles. The molecule has 0 aromatic heterocycles. The smallest absolute Gasteiger partial charge is 0.203 e. The summed E-state index contributed by atoms with van der Waals surface area (Å²) in [6.07, 6.45) is 0. The van der Waals surface area contributed by atoms with Gasteiger partial charge in [-0.3, -0.25) is 4.79 Å². The number of phenols is 2. The minimum atomic E-state index is -0.381.